The molecule has 1 aliphatic heterocycles. The van der Waals surface area contributed by atoms with Crippen molar-refractivity contribution in [2.24, 2.45) is 4.99 Å². The lowest BCUT2D eigenvalue weighted by Gasteiger charge is -2.10. The van der Waals surface area contributed by atoms with Gasteiger partial charge in [-0.15, -0.1) is 0 Å². The second kappa shape index (κ2) is 5.69. The molecule has 0 aliphatic carbocycles. The zero-order valence-electron chi connectivity index (χ0n) is 10.2. The van der Waals surface area contributed by atoms with Crippen LogP contribution in [0.2, 0.25) is 0 Å². The number of benzene rings is 1. The highest BCUT2D eigenvalue weighted by Crippen LogP contribution is 2.35. The van der Waals surface area contributed by atoms with Gasteiger partial charge < -0.3 is 5.32 Å². The smallest absolute Gasteiger partial charge is 0.295 e. The van der Waals surface area contributed by atoms with E-state index in [1.54, 1.807) is 6.07 Å². The van der Waals surface area contributed by atoms with Crippen LogP contribution in [0.1, 0.15) is 18.9 Å². The topological polar surface area (TPSA) is 24.4 Å². The van der Waals surface area contributed by atoms with E-state index in [0.29, 0.717) is 16.7 Å². The zero-order chi connectivity index (χ0) is 13.0. The van der Waals surface area contributed by atoms with Crippen molar-refractivity contribution >= 4 is 17.6 Å². The van der Waals surface area contributed by atoms with Crippen molar-refractivity contribution in [2.45, 2.75) is 29.9 Å². The van der Waals surface area contributed by atoms with Gasteiger partial charge in [0.1, 0.15) is 0 Å². The number of nitrogens with one attached hydrogen (secondary N) is 1. The highest BCUT2D eigenvalue weighted by molar-refractivity contribution is 8.00. The maximum atomic E-state index is 12.9. The van der Waals surface area contributed by atoms with E-state index in [1.807, 2.05) is 18.2 Å². The molecule has 1 aromatic carbocycles. The number of aliphatic imine (C=N–C) groups is 1. The van der Waals surface area contributed by atoms with Crippen LogP contribution >= 0.6 is 11.8 Å². The fraction of sp³-hybridized carbons (Fsp3) is 0.462. The molecule has 0 amide bonds. The van der Waals surface area contributed by atoms with Crippen LogP contribution in [0.4, 0.5) is 8.78 Å². The monoisotopic (exact) mass is 270 g/mol. The molecule has 2 rings (SSSR count). The van der Waals surface area contributed by atoms with Gasteiger partial charge in [0.2, 0.25) is 0 Å². The lowest BCUT2D eigenvalue weighted by Crippen LogP contribution is -2.18. The molecule has 0 unspecified atom stereocenters. The second-order valence-electron chi connectivity index (χ2n) is 4.31. The van der Waals surface area contributed by atoms with Gasteiger partial charge in [-0.2, -0.15) is 8.78 Å². The SMILES string of the molecule is CC(F)(F)Sc1cccc(CCC2=NCCN2)c1. The third-order valence-corrected chi connectivity index (χ3v) is 3.44. The van der Waals surface area contributed by atoms with Crippen molar-refractivity contribution < 1.29 is 8.78 Å². The molecule has 1 aromatic rings. The van der Waals surface area contributed by atoms with E-state index in [1.165, 1.54) is 0 Å². The maximum Gasteiger partial charge on any atom is 0.295 e. The summed E-state index contributed by atoms with van der Waals surface area (Å²) in [6, 6.07) is 7.34. The summed E-state index contributed by atoms with van der Waals surface area (Å²) in [5, 5.41) is 0.478. The Morgan fingerprint density at radius 3 is 2.89 bits per heavy atom. The third-order valence-electron chi connectivity index (χ3n) is 2.59. The number of alkyl halides is 2. The van der Waals surface area contributed by atoms with Crippen LogP contribution in [-0.2, 0) is 6.42 Å². The lowest BCUT2D eigenvalue weighted by molar-refractivity contribution is 0.129. The van der Waals surface area contributed by atoms with E-state index in [-0.39, 0.29) is 0 Å². The quantitative estimate of drug-likeness (QED) is 0.830. The molecular weight excluding hydrogens is 254 g/mol. The summed E-state index contributed by atoms with van der Waals surface area (Å²) >= 11 is 0.594. The molecule has 0 spiro atoms. The van der Waals surface area contributed by atoms with Gasteiger partial charge in [0.05, 0.1) is 12.4 Å². The molecule has 0 saturated carbocycles. The van der Waals surface area contributed by atoms with Crippen LogP contribution in [0.5, 0.6) is 0 Å². The Morgan fingerprint density at radius 1 is 1.39 bits per heavy atom. The van der Waals surface area contributed by atoms with Gasteiger partial charge in [-0.3, -0.25) is 4.99 Å². The van der Waals surface area contributed by atoms with Gasteiger partial charge in [0, 0.05) is 24.8 Å². The summed E-state index contributed by atoms with van der Waals surface area (Å²) in [6.45, 7) is 2.67. The number of hydrogen-bond donors (Lipinski definition) is 1. The molecule has 5 heteroatoms. The van der Waals surface area contributed by atoms with E-state index in [9.17, 15) is 8.78 Å². The van der Waals surface area contributed by atoms with Crippen molar-refractivity contribution in [1.29, 1.82) is 0 Å². The molecule has 0 atom stereocenters. The first-order valence-electron chi connectivity index (χ1n) is 5.96. The number of aryl methyl sites for hydroxylation is 1. The Bertz CT molecular complexity index is 441. The second-order valence-corrected chi connectivity index (χ2v) is 5.70. The first-order valence-corrected chi connectivity index (χ1v) is 6.77. The van der Waals surface area contributed by atoms with Crippen molar-refractivity contribution in [3.63, 3.8) is 0 Å². The first-order chi connectivity index (χ1) is 8.53. The fourth-order valence-electron chi connectivity index (χ4n) is 1.85. The van der Waals surface area contributed by atoms with E-state index in [2.05, 4.69) is 10.3 Å². The van der Waals surface area contributed by atoms with Crippen LogP contribution in [0.3, 0.4) is 0 Å². The molecular formula is C13H16F2N2S. The van der Waals surface area contributed by atoms with Crippen molar-refractivity contribution in [3.05, 3.63) is 29.8 Å². The van der Waals surface area contributed by atoms with E-state index in [4.69, 9.17) is 0 Å². The van der Waals surface area contributed by atoms with Crippen LogP contribution in [0.15, 0.2) is 34.2 Å². The summed E-state index contributed by atoms with van der Waals surface area (Å²) in [5.74, 6) is 1.02. The number of nitrogens with zero attached hydrogens (tertiary/aromatic N) is 1. The molecule has 0 bridgehead atoms. The van der Waals surface area contributed by atoms with Gasteiger partial charge in [-0.05, 0) is 24.1 Å². The van der Waals surface area contributed by atoms with Crippen LogP contribution in [-0.4, -0.2) is 24.2 Å². The van der Waals surface area contributed by atoms with Gasteiger partial charge >= 0.3 is 0 Å². The molecule has 2 nitrogen and oxygen atoms in total. The van der Waals surface area contributed by atoms with Gasteiger partial charge in [0.15, 0.2) is 0 Å². The third kappa shape index (κ3) is 4.29. The lowest BCUT2D eigenvalue weighted by atomic mass is 10.1. The van der Waals surface area contributed by atoms with E-state index < -0.39 is 5.25 Å². The van der Waals surface area contributed by atoms with Gasteiger partial charge in [0.25, 0.3) is 5.25 Å². The number of hydrogen-bond acceptors (Lipinski definition) is 3. The summed E-state index contributed by atoms with van der Waals surface area (Å²) in [7, 11) is 0. The number of rotatable bonds is 5. The first kappa shape index (κ1) is 13.3. The minimum Gasteiger partial charge on any atom is -0.372 e. The van der Waals surface area contributed by atoms with E-state index >= 15 is 0 Å². The zero-order valence-corrected chi connectivity index (χ0v) is 11.1. The van der Waals surface area contributed by atoms with Crippen molar-refractivity contribution in [3.8, 4) is 0 Å². The Labute approximate surface area is 110 Å². The predicted molar refractivity (Wildman–Crippen MR) is 71.5 cm³/mol. The maximum absolute atomic E-state index is 12.9. The minimum atomic E-state index is -2.73. The minimum absolute atomic E-state index is 0.594. The Morgan fingerprint density at radius 2 is 2.22 bits per heavy atom. The molecule has 1 N–H and O–H groups in total. The highest BCUT2D eigenvalue weighted by atomic mass is 32.2. The fourth-order valence-corrected chi connectivity index (χ4v) is 2.62. The van der Waals surface area contributed by atoms with Gasteiger partial charge in [-0.25, -0.2) is 0 Å². The summed E-state index contributed by atoms with van der Waals surface area (Å²) < 4.78 is 25.8. The summed E-state index contributed by atoms with van der Waals surface area (Å²) in [4.78, 5) is 4.93. The largest absolute Gasteiger partial charge is 0.372 e. The molecule has 98 valence electrons. The van der Waals surface area contributed by atoms with E-state index in [0.717, 1.165) is 44.3 Å². The Balaban J connectivity index is 1.94. The average Bonchev–Trinajstić information content (AvgIpc) is 2.77. The van der Waals surface area contributed by atoms with Crippen LogP contribution < -0.4 is 5.32 Å². The molecule has 0 saturated heterocycles. The van der Waals surface area contributed by atoms with Crippen LogP contribution in [0, 0.1) is 0 Å². The Hall–Kier alpha value is -1.10. The normalized spacial score (nSPS) is 15.4. The van der Waals surface area contributed by atoms with Gasteiger partial charge in [-0.1, -0.05) is 23.9 Å². The predicted octanol–water partition coefficient (Wildman–Crippen LogP) is 3.33. The average molecular weight is 270 g/mol. The number of thioether (sulfide) groups is 1. The molecule has 0 aromatic heterocycles. The molecule has 1 aliphatic rings. The molecule has 0 fully saturated rings. The summed E-state index contributed by atoms with van der Waals surface area (Å²) in [5.41, 5.74) is 1.07. The highest BCUT2D eigenvalue weighted by Gasteiger charge is 2.22. The number of amidine groups is 1. The molecule has 18 heavy (non-hydrogen) atoms. The summed E-state index contributed by atoms with van der Waals surface area (Å²) in [6.07, 6.45) is 1.67. The molecule has 1 heterocycles. The Kier molecular flexibility index (Phi) is 4.22. The van der Waals surface area contributed by atoms with Crippen molar-refractivity contribution in [2.75, 3.05) is 13.1 Å². The van der Waals surface area contributed by atoms with Crippen molar-refractivity contribution in [1.82, 2.24) is 5.32 Å². The standard InChI is InChI=1S/C13H16F2N2S/c1-13(14,15)18-11-4-2-3-10(9-11)5-6-12-16-7-8-17-12/h2-4,9H,5-8H2,1H3,(H,16,17). The number of halogens is 2. The van der Waals surface area contributed by atoms with Crippen LogP contribution in [0.25, 0.3) is 0 Å². The molecule has 0 radical (unpaired) electrons.